The first kappa shape index (κ1) is 16.0. The number of likely N-dealkylation sites (tertiary alicyclic amines) is 1. The Morgan fingerprint density at radius 1 is 1.48 bits per heavy atom. The first-order valence-corrected chi connectivity index (χ1v) is 7.84. The van der Waals surface area contributed by atoms with E-state index in [1.807, 2.05) is 19.9 Å². The van der Waals surface area contributed by atoms with Crippen LogP contribution in [0.25, 0.3) is 10.9 Å². The molecule has 1 fully saturated rings. The van der Waals surface area contributed by atoms with Gasteiger partial charge in [0.2, 0.25) is 5.91 Å². The van der Waals surface area contributed by atoms with Crippen LogP contribution in [0, 0.1) is 12.7 Å². The molecule has 0 bridgehead atoms. The van der Waals surface area contributed by atoms with Crippen LogP contribution in [0.5, 0.6) is 0 Å². The lowest BCUT2D eigenvalue weighted by molar-refractivity contribution is -0.130. The number of aromatic amines is 1. The maximum atomic E-state index is 13.8. The Bertz CT molecular complexity index is 728. The zero-order valence-electron chi connectivity index (χ0n) is 13.3. The molecule has 124 valence electrons. The Balaban J connectivity index is 1.79. The summed E-state index contributed by atoms with van der Waals surface area (Å²) in [5.74, 6) is -0.406. The molecule has 0 spiro atoms. The van der Waals surface area contributed by atoms with Crippen LogP contribution in [0.3, 0.4) is 0 Å². The number of para-hydroxylation sites is 1. The van der Waals surface area contributed by atoms with Crippen molar-refractivity contribution in [2.45, 2.75) is 32.5 Å². The van der Waals surface area contributed by atoms with Crippen LogP contribution < -0.4 is 0 Å². The average Bonchev–Trinajstić information content (AvgIpc) is 3.03. The van der Waals surface area contributed by atoms with E-state index < -0.39 is 6.10 Å². The first-order valence-electron chi connectivity index (χ1n) is 7.84. The van der Waals surface area contributed by atoms with E-state index in [-0.39, 0.29) is 30.8 Å². The molecule has 1 aromatic carbocycles. The normalized spacial score (nSPS) is 21.3. The number of carbonyl (C=O) groups excluding carboxylic acids is 1. The lowest BCUT2D eigenvalue weighted by Crippen LogP contribution is -2.31. The van der Waals surface area contributed by atoms with Crippen molar-refractivity contribution in [1.82, 2.24) is 9.88 Å². The van der Waals surface area contributed by atoms with E-state index >= 15 is 0 Å². The third-order valence-corrected chi connectivity index (χ3v) is 4.40. The minimum atomic E-state index is -0.652. The predicted molar refractivity (Wildman–Crippen MR) is 84.7 cm³/mol. The molecule has 1 saturated heterocycles. The van der Waals surface area contributed by atoms with Gasteiger partial charge in [0.25, 0.3) is 0 Å². The van der Waals surface area contributed by atoms with Gasteiger partial charge in [0.1, 0.15) is 11.9 Å². The average molecular weight is 320 g/mol. The van der Waals surface area contributed by atoms with Gasteiger partial charge in [-0.3, -0.25) is 4.79 Å². The van der Waals surface area contributed by atoms with Crippen molar-refractivity contribution in [2.75, 3.05) is 19.7 Å². The zero-order chi connectivity index (χ0) is 16.6. The molecule has 1 aliphatic rings. The van der Waals surface area contributed by atoms with Crippen LogP contribution in [-0.4, -0.2) is 52.8 Å². The predicted octanol–water partition coefficient (Wildman–Crippen LogP) is 1.77. The summed E-state index contributed by atoms with van der Waals surface area (Å²) in [6.07, 6.45) is -0.799. The van der Waals surface area contributed by atoms with Crippen LogP contribution in [-0.2, 0) is 16.0 Å². The minimum absolute atomic E-state index is 0.0838. The number of hydrogen-bond acceptors (Lipinski definition) is 3. The summed E-state index contributed by atoms with van der Waals surface area (Å²) in [5, 5.41) is 10.7. The summed E-state index contributed by atoms with van der Waals surface area (Å²) < 4.78 is 19.3. The van der Waals surface area contributed by atoms with Crippen LogP contribution in [0.2, 0.25) is 0 Å². The molecule has 3 rings (SSSR count). The van der Waals surface area contributed by atoms with Crippen molar-refractivity contribution in [3.8, 4) is 0 Å². The number of amides is 1. The molecule has 0 saturated carbocycles. The number of ether oxygens (including phenoxy) is 1. The van der Waals surface area contributed by atoms with E-state index in [4.69, 9.17) is 4.74 Å². The first-order chi connectivity index (χ1) is 11.0. The molecule has 1 amide bonds. The number of rotatable bonds is 4. The van der Waals surface area contributed by atoms with Crippen LogP contribution in [0.15, 0.2) is 18.2 Å². The van der Waals surface area contributed by atoms with E-state index in [0.717, 1.165) is 16.6 Å². The van der Waals surface area contributed by atoms with Crippen LogP contribution in [0.1, 0.15) is 18.2 Å². The van der Waals surface area contributed by atoms with Gasteiger partial charge in [0, 0.05) is 30.8 Å². The summed E-state index contributed by atoms with van der Waals surface area (Å²) in [6.45, 7) is 4.87. The second-order valence-corrected chi connectivity index (χ2v) is 5.93. The number of nitrogens with zero attached hydrogens (tertiary/aromatic N) is 1. The molecule has 2 aromatic rings. The third kappa shape index (κ3) is 2.96. The Kier molecular flexibility index (Phi) is 4.37. The number of aromatic nitrogens is 1. The van der Waals surface area contributed by atoms with Crippen molar-refractivity contribution in [1.29, 1.82) is 0 Å². The molecule has 2 heterocycles. The molecule has 2 atom stereocenters. The van der Waals surface area contributed by atoms with Gasteiger partial charge in [-0.15, -0.1) is 0 Å². The van der Waals surface area contributed by atoms with Crippen molar-refractivity contribution < 1.29 is 19.0 Å². The summed E-state index contributed by atoms with van der Waals surface area (Å²) in [6, 6.07) is 4.85. The molecular weight excluding hydrogens is 299 g/mol. The minimum Gasteiger partial charge on any atom is -0.388 e. The molecule has 0 unspecified atom stereocenters. The summed E-state index contributed by atoms with van der Waals surface area (Å²) in [7, 11) is 0. The van der Waals surface area contributed by atoms with Gasteiger partial charge in [-0.1, -0.05) is 12.1 Å². The summed E-state index contributed by atoms with van der Waals surface area (Å²) >= 11 is 0. The van der Waals surface area contributed by atoms with Gasteiger partial charge in [0.15, 0.2) is 0 Å². The number of benzene rings is 1. The highest BCUT2D eigenvalue weighted by atomic mass is 19.1. The second-order valence-electron chi connectivity index (χ2n) is 5.93. The van der Waals surface area contributed by atoms with E-state index in [9.17, 15) is 14.3 Å². The van der Waals surface area contributed by atoms with Gasteiger partial charge in [-0.25, -0.2) is 4.39 Å². The molecule has 5 nitrogen and oxygen atoms in total. The van der Waals surface area contributed by atoms with Gasteiger partial charge in [-0.05, 0) is 25.5 Å². The molecule has 1 aliphatic heterocycles. The Morgan fingerprint density at radius 3 is 3.00 bits per heavy atom. The van der Waals surface area contributed by atoms with Crippen LogP contribution in [0.4, 0.5) is 4.39 Å². The Morgan fingerprint density at radius 2 is 2.26 bits per heavy atom. The SMILES string of the molecule is CCO[C@H]1CN(C(=O)Cc2c(C)[nH]c3c(F)cccc23)C[C@@H]1O. The second kappa shape index (κ2) is 6.29. The number of nitrogens with one attached hydrogen (secondary N) is 1. The van der Waals surface area contributed by atoms with Crippen molar-refractivity contribution >= 4 is 16.8 Å². The van der Waals surface area contributed by atoms with Gasteiger partial charge >= 0.3 is 0 Å². The lowest BCUT2D eigenvalue weighted by atomic mass is 10.1. The summed E-state index contributed by atoms with van der Waals surface area (Å²) in [5.41, 5.74) is 2.03. The fourth-order valence-corrected chi connectivity index (χ4v) is 3.20. The Hall–Kier alpha value is -1.92. The highest BCUT2D eigenvalue weighted by molar-refractivity contribution is 5.90. The van der Waals surface area contributed by atoms with E-state index in [0.29, 0.717) is 18.7 Å². The number of aliphatic hydroxyl groups is 1. The largest absolute Gasteiger partial charge is 0.388 e. The molecule has 1 aromatic heterocycles. The quantitative estimate of drug-likeness (QED) is 0.902. The number of hydrogen-bond donors (Lipinski definition) is 2. The highest BCUT2D eigenvalue weighted by Gasteiger charge is 2.34. The molecule has 0 aliphatic carbocycles. The van der Waals surface area contributed by atoms with Crippen molar-refractivity contribution in [3.05, 3.63) is 35.3 Å². The zero-order valence-corrected chi connectivity index (χ0v) is 13.3. The molecule has 2 N–H and O–H groups in total. The number of H-pyrrole nitrogens is 1. The monoisotopic (exact) mass is 320 g/mol. The number of carbonyl (C=O) groups is 1. The van der Waals surface area contributed by atoms with Gasteiger partial charge < -0.3 is 19.7 Å². The maximum absolute atomic E-state index is 13.8. The Labute approximate surface area is 134 Å². The fraction of sp³-hybridized carbons (Fsp3) is 0.471. The van der Waals surface area contributed by atoms with Gasteiger partial charge in [0.05, 0.1) is 18.0 Å². The number of β-amino-alcohol motifs (C(OH)–C–C–N with tert-alkyl or cyclic N) is 1. The lowest BCUT2D eigenvalue weighted by Gasteiger charge is -2.16. The highest BCUT2D eigenvalue weighted by Crippen LogP contribution is 2.25. The number of halogens is 1. The number of fused-ring (bicyclic) bond motifs is 1. The molecule has 0 radical (unpaired) electrons. The van der Waals surface area contributed by atoms with Gasteiger partial charge in [-0.2, -0.15) is 0 Å². The topological polar surface area (TPSA) is 65.6 Å². The van der Waals surface area contributed by atoms with Crippen LogP contribution >= 0.6 is 0 Å². The maximum Gasteiger partial charge on any atom is 0.227 e. The van der Waals surface area contributed by atoms with E-state index in [1.165, 1.54) is 6.07 Å². The van der Waals surface area contributed by atoms with E-state index in [1.54, 1.807) is 11.0 Å². The number of aliphatic hydroxyl groups excluding tert-OH is 1. The van der Waals surface area contributed by atoms with E-state index in [2.05, 4.69) is 4.98 Å². The molecule has 6 heteroatoms. The standard InChI is InChI=1S/C17H21FN2O3/c1-3-23-15-9-20(8-14(15)21)16(22)7-12-10(2)19-17-11(12)5-4-6-13(17)18/h4-6,14-15,19,21H,3,7-9H2,1-2H3/t14-,15-/m0/s1. The molecular formula is C17H21FN2O3. The van der Waals surface area contributed by atoms with Crippen molar-refractivity contribution in [3.63, 3.8) is 0 Å². The van der Waals surface area contributed by atoms with Crippen molar-refractivity contribution in [2.24, 2.45) is 0 Å². The number of aryl methyl sites for hydroxylation is 1. The fourth-order valence-electron chi connectivity index (χ4n) is 3.20. The third-order valence-electron chi connectivity index (χ3n) is 4.40. The molecule has 23 heavy (non-hydrogen) atoms. The summed E-state index contributed by atoms with van der Waals surface area (Å²) in [4.78, 5) is 17.2. The smallest absolute Gasteiger partial charge is 0.227 e.